The third kappa shape index (κ3) is 4.85. The Hall–Kier alpha value is -3.54. The highest BCUT2D eigenvalue weighted by Gasteiger charge is 2.13. The molecule has 0 bridgehead atoms. The van der Waals surface area contributed by atoms with Crippen LogP contribution in [0.5, 0.6) is 11.5 Å². The first-order valence-electron chi connectivity index (χ1n) is 9.33. The SMILES string of the molecule is COc1ccc(/C(C)=N\NC(=O)C(C)Nc2ccc3ccccc3c2)c(OC)c1. The Balaban J connectivity index is 1.67. The van der Waals surface area contributed by atoms with Crippen molar-refractivity contribution in [3.05, 3.63) is 66.2 Å². The van der Waals surface area contributed by atoms with Crippen molar-refractivity contribution in [3.63, 3.8) is 0 Å². The number of rotatable bonds is 7. The van der Waals surface area contributed by atoms with Crippen LogP contribution in [0.25, 0.3) is 10.8 Å². The number of anilines is 1. The van der Waals surface area contributed by atoms with E-state index in [2.05, 4.69) is 21.9 Å². The number of benzene rings is 3. The molecule has 6 heteroatoms. The highest BCUT2D eigenvalue weighted by atomic mass is 16.5. The minimum Gasteiger partial charge on any atom is -0.497 e. The minimum absolute atomic E-state index is 0.231. The fourth-order valence-electron chi connectivity index (χ4n) is 2.99. The lowest BCUT2D eigenvalue weighted by Gasteiger charge is -2.15. The van der Waals surface area contributed by atoms with Crippen LogP contribution >= 0.6 is 0 Å². The summed E-state index contributed by atoms with van der Waals surface area (Å²) in [5.41, 5.74) is 4.91. The monoisotopic (exact) mass is 391 g/mol. The minimum atomic E-state index is -0.453. The zero-order valence-electron chi connectivity index (χ0n) is 17.0. The summed E-state index contributed by atoms with van der Waals surface area (Å²) in [6.45, 7) is 3.61. The van der Waals surface area contributed by atoms with Gasteiger partial charge in [0.2, 0.25) is 0 Å². The highest BCUT2D eigenvalue weighted by Crippen LogP contribution is 2.25. The summed E-state index contributed by atoms with van der Waals surface area (Å²) < 4.78 is 10.6. The van der Waals surface area contributed by atoms with Crippen molar-refractivity contribution in [1.82, 2.24) is 5.43 Å². The molecule has 0 aliphatic heterocycles. The second kappa shape index (κ2) is 9.10. The average molecular weight is 391 g/mol. The van der Waals surface area contributed by atoms with Crippen LogP contribution in [-0.4, -0.2) is 31.9 Å². The maximum atomic E-state index is 12.5. The number of hydrogen-bond donors (Lipinski definition) is 2. The molecule has 0 aliphatic carbocycles. The fraction of sp³-hybridized carbons (Fsp3) is 0.217. The zero-order chi connectivity index (χ0) is 20.8. The number of hydrazone groups is 1. The number of nitrogens with one attached hydrogen (secondary N) is 2. The van der Waals surface area contributed by atoms with Crippen molar-refractivity contribution < 1.29 is 14.3 Å². The van der Waals surface area contributed by atoms with E-state index in [-0.39, 0.29) is 5.91 Å². The summed E-state index contributed by atoms with van der Waals surface area (Å²) in [6, 6.07) is 19.1. The first kappa shape index (κ1) is 20.2. The quantitative estimate of drug-likeness (QED) is 0.468. The summed E-state index contributed by atoms with van der Waals surface area (Å²) in [4.78, 5) is 12.5. The van der Waals surface area contributed by atoms with Gasteiger partial charge in [0.05, 0.1) is 19.9 Å². The molecular formula is C23H25N3O3. The lowest BCUT2D eigenvalue weighted by Crippen LogP contribution is -2.35. The molecule has 0 saturated heterocycles. The molecule has 0 aliphatic rings. The Kier molecular flexibility index (Phi) is 6.34. The van der Waals surface area contributed by atoms with Gasteiger partial charge < -0.3 is 14.8 Å². The van der Waals surface area contributed by atoms with Crippen molar-refractivity contribution in [2.45, 2.75) is 19.9 Å². The average Bonchev–Trinajstić information content (AvgIpc) is 2.76. The Morgan fingerprint density at radius 1 is 0.966 bits per heavy atom. The molecule has 1 amide bonds. The second-order valence-electron chi connectivity index (χ2n) is 6.67. The van der Waals surface area contributed by atoms with E-state index in [1.165, 1.54) is 0 Å². The summed E-state index contributed by atoms with van der Waals surface area (Å²) in [6.07, 6.45) is 0. The third-order valence-corrected chi connectivity index (χ3v) is 4.66. The van der Waals surface area contributed by atoms with E-state index in [1.807, 2.05) is 55.5 Å². The van der Waals surface area contributed by atoms with Gasteiger partial charge in [-0.2, -0.15) is 5.10 Å². The number of methoxy groups -OCH3 is 2. The van der Waals surface area contributed by atoms with Crippen molar-refractivity contribution >= 4 is 28.1 Å². The number of nitrogens with zero attached hydrogens (tertiary/aromatic N) is 1. The van der Waals surface area contributed by atoms with Gasteiger partial charge in [0.15, 0.2) is 0 Å². The Labute approximate surface area is 170 Å². The molecule has 0 fully saturated rings. The number of hydrogen-bond acceptors (Lipinski definition) is 5. The van der Waals surface area contributed by atoms with E-state index < -0.39 is 6.04 Å². The molecular weight excluding hydrogens is 366 g/mol. The van der Waals surface area contributed by atoms with Crippen molar-refractivity contribution in [2.24, 2.45) is 5.10 Å². The summed E-state index contributed by atoms with van der Waals surface area (Å²) in [5, 5.41) is 9.71. The summed E-state index contributed by atoms with van der Waals surface area (Å²) in [7, 11) is 3.18. The molecule has 3 aromatic rings. The van der Waals surface area contributed by atoms with Crippen LogP contribution in [0.2, 0.25) is 0 Å². The molecule has 0 heterocycles. The van der Waals surface area contributed by atoms with Crippen LogP contribution in [0.4, 0.5) is 5.69 Å². The lowest BCUT2D eigenvalue weighted by molar-refractivity contribution is -0.121. The molecule has 1 unspecified atom stereocenters. The topological polar surface area (TPSA) is 72.0 Å². The van der Waals surface area contributed by atoms with Gasteiger partial charge >= 0.3 is 0 Å². The Morgan fingerprint density at radius 3 is 2.45 bits per heavy atom. The van der Waals surface area contributed by atoms with Gasteiger partial charge in [0, 0.05) is 17.3 Å². The number of amides is 1. The summed E-state index contributed by atoms with van der Waals surface area (Å²) in [5.74, 6) is 1.09. The van der Waals surface area contributed by atoms with E-state index in [0.29, 0.717) is 17.2 Å². The first-order valence-corrected chi connectivity index (χ1v) is 9.33. The fourth-order valence-corrected chi connectivity index (χ4v) is 2.99. The second-order valence-corrected chi connectivity index (χ2v) is 6.67. The van der Waals surface area contributed by atoms with Gasteiger partial charge in [-0.1, -0.05) is 30.3 Å². The van der Waals surface area contributed by atoms with Crippen LogP contribution in [0, 0.1) is 0 Å². The van der Waals surface area contributed by atoms with Crippen molar-refractivity contribution in [1.29, 1.82) is 0 Å². The third-order valence-electron chi connectivity index (χ3n) is 4.66. The van der Waals surface area contributed by atoms with E-state index in [4.69, 9.17) is 9.47 Å². The van der Waals surface area contributed by atoms with Gasteiger partial charge in [0.25, 0.3) is 5.91 Å². The van der Waals surface area contributed by atoms with Gasteiger partial charge in [-0.25, -0.2) is 5.43 Å². The van der Waals surface area contributed by atoms with Gasteiger partial charge in [-0.15, -0.1) is 0 Å². The molecule has 0 spiro atoms. The molecule has 3 aromatic carbocycles. The van der Waals surface area contributed by atoms with Crippen LogP contribution in [0.1, 0.15) is 19.4 Å². The van der Waals surface area contributed by atoms with E-state index in [1.54, 1.807) is 27.2 Å². The van der Waals surface area contributed by atoms with Gasteiger partial charge in [-0.05, 0) is 48.9 Å². The van der Waals surface area contributed by atoms with Crippen LogP contribution in [0.15, 0.2) is 65.8 Å². The standard InChI is InChI=1S/C23H25N3O3/c1-15(21-12-11-20(28-3)14-22(21)29-4)25-26-23(27)16(2)24-19-10-9-17-7-5-6-8-18(17)13-19/h5-14,16,24H,1-4H3,(H,26,27)/b25-15-. The molecule has 29 heavy (non-hydrogen) atoms. The Morgan fingerprint density at radius 2 is 1.72 bits per heavy atom. The van der Waals surface area contributed by atoms with Crippen LogP contribution < -0.4 is 20.2 Å². The molecule has 150 valence electrons. The molecule has 1 atom stereocenters. The molecule has 0 radical (unpaired) electrons. The maximum Gasteiger partial charge on any atom is 0.262 e. The molecule has 0 aromatic heterocycles. The normalized spacial score (nSPS) is 12.3. The predicted molar refractivity (Wildman–Crippen MR) is 117 cm³/mol. The molecule has 3 rings (SSSR count). The van der Waals surface area contributed by atoms with Crippen molar-refractivity contribution in [2.75, 3.05) is 19.5 Å². The summed E-state index contributed by atoms with van der Waals surface area (Å²) >= 11 is 0. The van der Waals surface area contributed by atoms with Crippen LogP contribution in [-0.2, 0) is 4.79 Å². The number of carbonyl (C=O) groups excluding carboxylic acids is 1. The number of ether oxygens (including phenoxy) is 2. The van der Waals surface area contributed by atoms with E-state index >= 15 is 0 Å². The predicted octanol–water partition coefficient (Wildman–Crippen LogP) is 4.20. The van der Waals surface area contributed by atoms with E-state index in [9.17, 15) is 4.79 Å². The van der Waals surface area contributed by atoms with Crippen molar-refractivity contribution in [3.8, 4) is 11.5 Å². The van der Waals surface area contributed by atoms with Crippen LogP contribution in [0.3, 0.4) is 0 Å². The van der Waals surface area contributed by atoms with Gasteiger partial charge in [-0.3, -0.25) is 4.79 Å². The highest BCUT2D eigenvalue weighted by molar-refractivity contribution is 6.02. The maximum absolute atomic E-state index is 12.5. The van der Waals surface area contributed by atoms with E-state index in [0.717, 1.165) is 22.0 Å². The first-order chi connectivity index (χ1) is 14.0. The lowest BCUT2D eigenvalue weighted by atomic mass is 10.1. The molecule has 2 N–H and O–H groups in total. The number of fused-ring (bicyclic) bond motifs is 1. The number of carbonyl (C=O) groups is 1. The molecule has 6 nitrogen and oxygen atoms in total. The smallest absolute Gasteiger partial charge is 0.262 e. The zero-order valence-corrected chi connectivity index (χ0v) is 17.0. The Bertz CT molecular complexity index is 1050. The molecule has 0 saturated carbocycles. The van der Waals surface area contributed by atoms with Gasteiger partial charge in [0.1, 0.15) is 17.5 Å². The largest absolute Gasteiger partial charge is 0.497 e.